The number of esters is 1. The summed E-state index contributed by atoms with van der Waals surface area (Å²) >= 11 is 0. The number of rotatable bonds is 24. The van der Waals surface area contributed by atoms with Crippen molar-refractivity contribution in [3.8, 4) is 0 Å². The molecule has 0 radical (unpaired) electrons. The van der Waals surface area contributed by atoms with Gasteiger partial charge in [-0.05, 0) is 26.2 Å². The fourth-order valence-corrected chi connectivity index (χ4v) is 7.94. The van der Waals surface area contributed by atoms with Gasteiger partial charge in [-0.3, -0.25) is 4.79 Å². The molecule has 59 heavy (non-hydrogen) atoms. The van der Waals surface area contributed by atoms with Crippen molar-refractivity contribution in [1.29, 1.82) is 0 Å². The Morgan fingerprint density at radius 3 is 1.53 bits per heavy atom. The monoisotopic (exact) mass is 854 g/mol. The summed E-state index contributed by atoms with van der Waals surface area (Å²) in [4.78, 5) is 23.1. The van der Waals surface area contributed by atoms with Crippen LogP contribution in [0.15, 0.2) is 12.2 Å². The van der Waals surface area contributed by atoms with Crippen molar-refractivity contribution in [2.75, 3.05) is 19.8 Å². The number of carbonyl (C=O) groups is 2. The molecule has 4 rings (SSSR count). The Morgan fingerprint density at radius 1 is 0.593 bits per heavy atom. The van der Waals surface area contributed by atoms with Gasteiger partial charge in [-0.1, -0.05) is 70.8 Å². The third-order valence-electron chi connectivity index (χ3n) is 11.6. The zero-order valence-electron chi connectivity index (χ0n) is 33.5. The van der Waals surface area contributed by atoms with Crippen molar-refractivity contribution in [1.82, 2.24) is 0 Å². The Balaban J connectivity index is 1.21. The molecular weight excluding hydrogens is 788 g/mol. The predicted octanol–water partition coefficient (Wildman–Crippen LogP) is -1.91. The first kappa shape index (κ1) is 49.7. The maximum atomic E-state index is 11.7. The Hall–Kier alpha value is -1.96. The molecular formula is C39H66O20. The maximum Gasteiger partial charge on any atom is 0.334 e. The van der Waals surface area contributed by atoms with Gasteiger partial charge in [-0.15, -0.1) is 0 Å². The van der Waals surface area contributed by atoms with Crippen LogP contribution in [0.2, 0.25) is 0 Å². The second-order valence-electron chi connectivity index (χ2n) is 16.0. The highest BCUT2D eigenvalue weighted by Crippen LogP contribution is 2.34. The molecule has 11 N–H and O–H groups in total. The average molecular weight is 855 g/mol. The van der Waals surface area contributed by atoms with E-state index in [9.17, 15) is 65.8 Å². The van der Waals surface area contributed by atoms with Gasteiger partial charge in [0.15, 0.2) is 18.9 Å². The molecule has 4 fully saturated rings. The van der Waals surface area contributed by atoms with Crippen LogP contribution in [-0.2, 0) is 42.7 Å². The second-order valence-corrected chi connectivity index (χ2v) is 16.0. The van der Waals surface area contributed by atoms with Crippen molar-refractivity contribution in [2.45, 2.75) is 195 Å². The van der Waals surface area contributed by atoms with Gasteiger partial charge in [0.25, 0.3) is 0 Å². The van der Waals surface area contributed by atoms with Crippen LogP contribution >= 0.6 is 0 Å². The molecule has 342 valence electrons. The molecule has 4 heterocycles. The van der Waals surface area contributed by atoms with E-state index in [1.165, 1.54) is 0 Å². The van der Waals surface area contributed by atoms with Crippen LogP contribution in [0.1, 0.15) is 90.4 Å². The Bertz CT molecular complexity index is 1290. The number of unbranched alkanes of at least 4 members (excludes halogenated alkanes) is 10. The topological polar surface area (TPSA) is 321 Å². The maximum absolute atomic E-state index is 11.7. The molecule has 0 aromatic rings. The van der Waals surface area contributed by atoms with Crippen LogP contribution in [0, 0.1) is 5.92 Å². The van der Waals surface area contributed by atoms with Crippen LogP contribution < -0.4 is 0 Å². The summed E-state index contributed by atoms with van der Waals surface area (Å²) in [5, 5.41) is 113. The highest BCUT2D eigenvalue weighted by atomic mass is 16.8. The molecule has 0 saturated carbocycles. The second kappa shape index (κ2) is 24.0. The third-order valence-corrected chi connectivity index (χ3v) is 11.6. The Morgan fingerprint density at radius 2 is 1.02 bits per heavy atom. The number of ether oxygens (including phenoxy) is 7. The minimum Gasteiger partial charge on any atom is -0.481 e. The molecule has 18 atom stereocenters. The molecule has 4 aliphatic heterocycles. The zero-order chi connectivity index (χ0) is 43.4. The van der Waals surface area contributed by atoms with Crippen molar-refractivity contribution in [3.63, 3.8) is 0 Å². The Kier molecular flexibility index (Phi) is 20.2. The fraction of sp³-hybridized carbons (Fsp3) is 0.897. The standard InChI is InChI=1S/C39H66O20/c1-19(14-12-10-8-6-4-3-5-7-9-11-13-15-21-25(35(50)51)20(2)36(52)54-21)53-38-33(30(47)27(44)23(17-41)56-38)59-39-34(31(48)28(45)24(18-42)57-39)58-37-32(49)29(46)26(43)22(16-40)55-37/h19,21-34,37-49H,2-18H2,1H3,(H,50,51)/t19-,21-,22+,23+,24+,25+,26+,27+,28+,29-,30-,31-,32+,33+,34+,37-,38+,39-/m0/s1. The van der Waals surface area contributed by atoms with Gasteiger partial charge in [0.1, 0.15) is 85.3 Å². The van der Waals surface area contributed by atoms with Gasteiger partial charge in [-0.25, -0.2) is 4.79 Å². The summed E-state index contributed by atoms with van der Waals surface area (Å²) in [7, 11) is 0. The number of hydrogen-bond donors (Lipinski definition) is 11. The first-order chi connectivity index (χ1) is 28.1. The van der Waals surface area contributed by atoms with E-state index in [2.05, 4.69) is 6.58 Å². The molecule has 4 aliphatic rings. The lowest BCUT2D eigenvalue weighted by molar-refractivity contribution is -0.395. The molecule has 4 saturated heterocycles. The van der Waals surface area contributed by atoms with Crippen molar-refractivity contribution in [3.05, 3.63) is 12.2 Å². The van der Waals surface area contributed by atoms with E-state index < -0.39 is 142 Å². The Labute approximate surface area is 343 Å². The molecule has 0 unspecified atom stereocenters. The van der Waals surface area contributed by atoms with Crippen LogP contribution in [-0.4, -0.2) is 192 Å². The molecule has 0 spiro atoms. The summed E-state index contributed by atoms with van der Waals surface area (Å²) in [6.45, 7) is 3.08. The van der Waals surface area contributed by atoms with Crippen LogP contribution in [0.25, 0.3) is 0 Å². The van der Waals surface area contributed by atoms with Gasteiger partial charge in [0.2, 0.25) is 0 Å². The van der Waals surface area contributed by atoms with Gasteiger partial charge in [-0.2, -0.15) is 0 Å². The molecule has 0 aromatic heterocycles. The quantitative estimate of drug-likeness (QED) is 0.0287. The van der Waals surface area contributed by atoms with E-state index in [4.69, 9.17) is 33.2 Å². The zero-order valence-corrected chi connectivity index (χ0v) is 33.5. The summed E-state index contributed by atoms with van der Waals surface area (Å²) in [5.41, 5.74) is 0.0101. The lowest BCUT2D eigenvalue weighted by Crippen LogP contribution is -2.67. The molecule has 0 aromatic carbocycles. The SMILES string of the molecule is C=C1C(=O)O[C@@H](CCCCCCCCCCCCC[C@H](C)O[C@@H]2O[C@H](CO)[C@@H](O)[C@H](O)[C@H]2O[C@@H]2O[C@H](CO)[C@@H](O)[C@H](O)[C@H]2O[C@@H]2O[C@H](CO)[C@@H](O)[C@H](O)[C@H]2O)[C@@H]1C(=O)O. The summed E-state index contributed by atoms with van der Waals surface area (Å²) < 4.78 is 39.9. The van der Waals surface area contributed by atoms with E-state index in [-0.39, 0.29) is 5.57 Å². The van der Waals surface area contributed by atoms with Gasteiger partial charge >= 0.3 is 11.9 Å². The first-order valence-corrected chi connectivity index (χ1v) is 20.8. The summed E-state index contributed by atoms with van der Waals surface area (Å²) in [6.07, 6.45) is -14.1. The summed E-state index contributed by atoms with van der Waals surface area (Å²) in [6, 6.07) is 0. The van der Waals surface area contributed by atoms with Crippen molar-refractivity contribution < 1.29 is 98.9 Å². The molecule has 0 amide bonds. The van der Waals surface area contributed by atoms with Gasteiger partial charge < -0.3 is 89.3 Å². The number of hydrogen-bond acceptors (Lipinski definition) is 19. The number of aliphatic hydroxyl groups excluding tert-OH is 10. The number of cyclic esters (lactones) is 1. The molecule has 0 aliphatic carbocycles. The number of carboxylic acids is 1. The van der Waals surface area contributed by atoms with Gasteiger partial charge in [0, 0.05) is 5.57 Å². The minimum absolute atomic E-state index is 0.0101. The first-order valence-electron chi connectivity index (χ1n) is 20.8. The molecule has 20 nitrogen and oxygen atoms in total. The number of carboxylic acid groups (broad SMARTS) is 1. The van der Waals surface area contributed by atoms with E-state index in [0.29, 0.717) is 12.8 Å². The average Bonchev–Trinajstić information content (AvgIpc) is 3.50. The van der Waals surface area contributed by atoms with Crippen LogP contribution in [0.4, 0.5) is 0 Å². The fourth-order valence-electron chi connectivity index (χ4n) is 7.94. The van der Waals surface area contributed by atoms with E-state index in [1.54, 1.807) is 6.92 Å². The van der Waals surface area contributed by atoms with Crippen LogP contribution in [0.3, 0.4) is 0 Å². The highest BCUT2D eigenvalue weighted by molar-refractivity contribution is 5.97. The lowest BCUT2D eigenvalue weighted by Gasteiger charge is -2.48. The predicted molar refractivity (Wildman–Crippen MR) is 200 cm³/mol. The largest absolute Gasteiger partial charge is 0.481 e. The van der Waals surface area contributed by atoms with E-state index >= 15 is 0 Å². The highest BCUT2D eigenvalue weighted by Gasteiger charge is 2.54. The normalized spacial score (nSPS) is 39.6. The number of aliphatic hydroxyl groups is 10. The van der Waals surface area contributed by atoms with Crippen LogP contribution in [0.5, 0.6) is 0 Å². The van der Waals surface area contributed by atoms with E-state index in [1.807, 2.05) is 0 Å². The smallest absolute Gasteiger partial charge is 0.334 e. The number of carbonyl (C=O) groups excluding carboxylic acids is 1. The molecule has 20 heteroatoms. The minimum atomic E-state index is -1.90. The lowest BCUT2D eigenvalue weighted by atomic mass is 9.93. The third kappa shape index (κ3) is 13.0. The number of aliphatic carboxylic acids is 1. The van der Waals surface area contributed by atoms with E-state index in [0.717, 1.165) is 70.6 Å². The van der Waals surface area contributed by atoms with Crippen molar-refractivity contribution in [2.24, 2.45) is 5.92 Å². The molecule has 0 bridgehead atoms. The summed E-state index contributed by atoms with van der Waals surface area (Å²) in [5.74, 6) is -2.68. The van der Waals surface area contributed by atoms with Crippen molar-refractivity contribution >= 4 is 11.9 Å². The van der Waals surface area contributed by atoms with Gasteiger partial charge in [0.05, 0.1) is 25.9 Å².